The number of benzene rings is 1. The van der Waals surface area contributed by atoms with Crippen LogP contribution in [-0.4, -0.2) is 15.9 Å². The maximum absolute atomic E-state index is 12.1. The number of nitrogens with one attached hydrogen (secondary N) is 2. The standard InChI is InChI=1S/C16H12ClN3O2S/c17-13-6-2-1-4-10(13)8-11-9-19-16(23-11)20-15(22)12-5-3-7-18-14(12)21/h1-7,9H,8H2,(H,18,21)(H,19,20,22). The Morgan fingerprint density at radius 3 is 2.87 bits per heavy atom. The molecule has 1 aromatic carbocycles. The minimum Gasteiger partial charge on any atom is -0.328 e. The van der Waals surface area contributed by atoms with Gasteiger partial charge in [0.2, 0.25) is 0 Å². The molecule has 0 aliphatic rings. The molecule has 0 atom stereocenters. The SMILES string of the molecule is O=C(Nc1ncc(Cc2ccccc2Cl)s1)c1ccc[nH]c1=O. The van der Waals surface area contributed by atoms with E-state index in [-0.39, 0.29) is 5.56 Å². The number of halogens is 1. The van der Waals surface area contributed by atoms with Crippen LogP contribution < -0.4 is 10.9 Å². The van der Waals surface area contributed by atoms with Crippen molar-refractivity contribution in [1.82, 2.24) is 9.97 Å². The van der Waals surface area contributed by atoms with Gasteiger partial charge in [0.15, 0.2) is 5.13 Å². The molecule has 0 saturated carbocycles. The van der Waals surface area contributed by atoms with Gasteiger partial charge >= 0.3 is 0 Å². The molecule has 0 unspecified atom stereocenters. The second-order valence-corrected chi connectivity index (χ2v) is 6.29. The summed E-state index contributed by atoms with van der Waals surface area (Å²) in [4.78, 5) is 31.3. The molecule has 116 valence electrons. The van der Waals surface area contributed by atoms with Crippen molar-refractivity contribution >= 4 is 34.0 Å². The summed E-state index contributed by atoms with van der Waals surface area (Å²) in [6, 6.07) is 10.6. The highest BCUT2D eigenvalue weighted by atomic mass is 35.5. The van der Waals surface area contributed by atoms with Crippen LogP contribution in [0.3, 0.4) is 0 Å². The third-order valence-electron chi connectivity index (χ3n) is 3.16. The van der Waals surface area contributed by atoms with Crippen molar-refractivity contribution in [3.05, 3.63) is 80.2 Å². The first-order valence-corrected chi connectivity index (χ1v) is 8.00. The minimum atomic E-state index is -0.481. The fourth-order valence-corrected chi connectivity index (χ4v) is 3.07. The molecule has 5 nitrogen and oxygen atoms in total. The van der Waals surface area contributed by atoms with E-state index in [0.29, 0.717) is 16.6 Å². The molecule has 2 heterocycles. The molecule has 3 rings (SSSR count). The number of thiazole rings is 1. The Balaban J connectivity index is 1.73. The van der Waals surface area contributed by atoms with Crippen LogP contribution in [0, 0.1) is 0 Å². The van der Waals surface area contributed by atoms with E-state index >= 15 is 0 Å². The number of hydrogen-bond acceptors (Lipinski definition) is 4. The van der Waals surface area contributed by atoms with Gasteiger partial charge in [0.05, 0.1) is 0 Å². The second kappa shape index (κ2) is 6.76. The van der Waals surface area contributed by atoms with Crippen LogP contribution >= 0.6 is 22.9 Å². The fraction of sp³-hybridized carbons (Fsp3) is 0.0625. The Bertz CT molecular complexity index is 904. The van der Waals surface area contributed by atoms with Gasteiger partial charge in [0, 0.05) is 28.7 Å². The van der Waals surface area contributed by atoms with E-state index in [0.717, 1.165) is 10.4 Å². The summed E-state index contributed by atoms with van der Waals surface area (Å²) < 4.78 is 0. The van der Waals surface area contributed by atoms with Crippen molar-refractivity contribution in [1.29, 1.82) is 0 Å². The molecule has 0 aliphatic heterocycles. The largest absolute Gasteiger partial charge is 0.328 e. The van der Waals surface area contributed by atoms with Crippen molar-refractivity contribution in [2.75, 3.05) is 5.32 Å². The summed E-state index contributed by atoms with van der Waals surface area (Å²) in [5.74, 6) is -0.481. The molecule has 0 spiro atoms. The van der Waals surface area contributed by atoms with Gasteiger partial charge in [-0.2, -0.15) is 0 Å². The number of carbonyl (C=O) groups excluding carboxylic acids is 1. The van der Waals surface area contributed by atoms with Crippen LogP contribution in [0.15, 0.2) is 53.6 Å². The Labute approximate surface area is 141 Å². The summed E-state index contributed by atoms with van der Waals surface area (Å²) in [6.07, 6.45) is 3.81. The summed E-state index contributed by atoms with van der Waals surface area (Å²) in [6.45, 7) is 0. The number of carbonyl (C=O) groups is 1. The second-order valence-electron chi connectivity index (χ2n) is 4.77. The predicted octanol–water partition coefficient (Wildman–Crippen LogP) is 3.33. The Morgan fingerprint density at radius 1 is 1.26 bits per heavy atom. The van der Waals surface area contributed by atoms with E-state index < -0.39 is 11.5 Å². The molecule has 0 bridgehead atoms. The highest BCUT2D eigenvalue weighted by molar-refractivity contribution is 7.15. The molecule has 2 aromatic heterocycles. The quantitative estimate of drug-likeness (QED) is 0.761. The number of hydrogen-bond donors (Lipinski definition) is 2. The van der Waals surface area contributed by atoms with Gasteiger partial charge in [0.25, 0.3) is 11.5 Å². The highest BCUT2D eigenvalue weighted by Crippen LogP contribution is 2.24. The van der Waals surface area contributed by atoms with Crippen LogP contribution in [0.25, 0.3) is 0 Å². The number of pyridine rings is 1. The molecule has 7 heteroatoms. The Morgan fingerprint density at radius 2 is 2.09 bits per heavy atom. The number of aromatic nitrogens is 2. The zero-order valence-electron chi connectivity index (χ0n) is 11.9. The number of anilines is 1. The third-order valence-corrected chi connectivity index (χ3v) is 4.44. The summed E-state index contributed by atoms with van der Waals surface area (Å²) >= 11 is 7.49. The Kier molecular flexibility index (Phi) is 4.55. The van der Waals surface area contributed by atoms with Crippen LogP contribution in [0.1, 0.15) is 20.8 Å². The molecular weight excluding hydrogens is 334 g/mol. The molecule has 3 aromatic rings. The van der Waals surface area contributed by atoms with E-state index in [1.54, 1.807) is 12.3 Å². The van der Waals surface area contributed by atoms with Crippen LogP contribution in [0.4, 0.5) is 5.13 Å². The molecular formula is C16H12ClN3O2S. The van der Waals surface area contributed by atoms with Crippen molar-refractivity contribution in [2.45, 2.75) is 6.42 Å². The molecule has 0 aliphatic carbocycles. The number of amides is 1. The van der Waals surface area contributed by atoms with Gasteiger partial charge in [-0.1, -0.05) is 29.8 Å². The van der Waals surface area contributed by atoms with Gasteiger partial charge in [-0.15, -0.1) is 11.3 Å². The lowest BCUT2D eigenvalue weighted by Crippen LogP contribution is -2.22. The fourth-order valence-electron chi connectivity index (χ4n) is 2.04. The van der Waals surface area contributed by atoms with E-state index in [9.17, 15) is 9.59 Å². The average Bonchev–Trinajstić information content (AvgIpc) is 2.97. The number of H-pyrrole nitrogens is 1. The van der Waals surface area contributed by atoms with Crippen molar-refractivity contribution in [3.63, 3.8) is 0 Å². The molecule has 23 heavy (non-hydrogen) atoms. The lowest BCUT2D eigenvalue weighted by Gasteiger charge is -2.01. The lowest BCUT2D eigenvalue weighted by atomic mass is 10.1. The van der Waals surface area contributed by atoms with E-state index in [2.05, 4.69) is 15.3 Å². The number of aromatic amines is 1. The topological polar surface area (TPSA) is 74.8 Å². The summed E-state index contributed by atoms with van der Waals surface area (Å²) in [5.41, 5.74) is 0.614. The van der Waals surface area contributed by atoms with Crippen molar-refractivity contribution < 1.29 is 4.79 Å². The summed E-state index contributed by atoms with van der Waals surface area (Å²) in [5, 5.41) is 3.78. The monoisotopic (exact) mass is 345 g/mol. The van der Waals surface area contributed by atoms with E-state index in [4.69, 9.17) is 11.6 Å². The van der Waals surface area contributed by atoms with Gasteiger partial charge in [-0.25, -0.2) is 4.98 Å². The number of nitrogens with zero attached hydrogens (tertiary/aromatic N) is 1. The van der Waals surface area contributed by atoms with Crippen molar-refractivity contribution in [2.24, 2.45) is 0 Å². The maximum atomic E-state index is 12.1. The zero-order valence-corrected chi connectivity index (χ0v) is 13.4. The minimum absolute atomic E-state index is 0.0513. The first kappa shape index (κ1) is 15.5. The normalized spacial score (nSPS) is 10.5. The first-order valence-electron chi connectivity index (χ1n) is 6.80. The van der Waals surface area contributed by atoms with Crippen LogP contribution in [0.2, 0.25) is 5.02 Å². The zero-order chi connectivity index (χ0) is 16.2. The Hall–Kier alpha value is -2.44. The first-order chi connectivity index (χ1) is 11.1. The molecule has 2 N–H and O–H groups in total. The van der Waals surface area contributed by atoms with Gasteiger partial charge in [0.1, 0.15) is 5.56 Å². The molecule has 0 saturated heterocycles. The molecule has 0 fully saturated rings. The van der Waals surface area contributed by atoms with Crippen molar-refractivity contribution in [3.8, 4) is 0 Å². The predicted molar refractivity (Wildman–Crippen MR) is 91.4 cm³/mol. The smallest absolute Gasteiger partial charge is 0.263 e. The average molecular weight is 346 g/mol. The maximum Gasteiger partial charge on any atom is 0.263 e. The third kappa shape index (κ3) is 3.67. The molecule has 1 amide bonds. The van der Waals surface area contributed by atoms with Crippen LogP contribution in [-0.2, 0) is 6.42 Å². The van der Waals surface area contributed by atoms with E-state index in [1.807, 2.05) is 24.3 Å². The number of rotatable bonds is 4. The molecule has 0 radical (unpaired) electrons. The highest BCUT2D eigenvalue weighted by Gasteiger charge is 2.12. The van der Waals surface area contributed by atoms with E-state index in [1.165, 1.54) is 23.6 Å². The van der Waals surface area contributed by atoms with Gasteiger partial charge in [-0.3, -0.25) is 14.9 Å². The van der Waals surface area contributed by atoms with Gasteiger partial charge in [-0.05, 0) is 23.8 Å². The lowest BCUT2D eigenvalue weighted by molar-refractivity contribution is 0.102. The summed E-state index contributed by atoms with van der Waals surface area (Å²) in [7, 11) is 0. The van der Waals surface area contributed by atoms with Gasteiger partial charge < -0.3 is 4.98 Å². The van der Waals surface area contributed by atoms with Crippen LogP contribution in [0.5, 0.6) is 0 Å².